The van der Waals surface area contributed by atoms with Crippen LogP contribution in [-0.4, -0.2) is 8.07 Å². The third-order valence-corrected chi connectivity index (χ3v) is 10.0. The molecule has 0 aromatic heterocycles. The molecule has 4 heteroatoms. The van der Waals surface area contributed by atoms with E-state index in [2.05, 4.69) is 122 Å². The fourth-order valence-corrected chi connectivity index (χ4v) is 6.77. The molecule has 2 saturated carbocycles. The summed E-state index contributed by atoms with van der Waals surface area (Å²) in [6, 6.07) is 41.7. The van der Waals surface area contributed by atoms with E-state index in [1.807, 2.05) is 30.3 Å². The first-order chi connectivity index (χ1) is 20.9. The van der Waals surface area contributed by atoms with Gasteiger partial charge in [0.25, 0.3) is 0 Å². The van der Waals surface area contributed by atoms with Gasteiger partial charge in [0, 0.05) is 16.5 Å². The topological polar surface area (TPSA) is 0 Å². The minimum absolute atomic E-state index is 0. The zero-order valence-corrected chi connectivity index (χ0v) is 31.8. The van der Waals surface area contributed by atoms with Gasteiger partial charge in [0.2, 0.25) is 0 Å². The van der Waals surface area contributed by atoms with E-state index in [0.29, 0.717) is 0 Å². The van der Waals surface area contributed by atoms with E-state index in [1.165, 1.54) is 80.1 Å². The van der Waals surface area contributed by atoms with Gasteiger partial charge in [-0.1, -0.05) is 193 Å². The molecule has 6 rings (SSSR count). The van der Waals surface area contributed by atoms with Crippen LogP contribution in [0.15, 0.2) is 121 Å². The molecule has 0 aliphatic heterocycles. The van der Waals surface area contributed by atoms with Crippen LogP contribution in [0.25, 0.3) is 0 Å². The second-order valence-corrected chi connectivity index (χ2v) is 18.7. The second-order valence-electron chi connectivity index (χ2n) is 11.7. The fraction of sp³-hybridized carbons (Fsp3) is 0.317. The third kappa shape index (κ3) is 20.6. The summed E-state index contributed by atoms with van der Waals surface area (Å²) in [6.07, 6.45) is 28.4. The van der Waals surface area contributed by atoms with Crippen molar-refractivity contribution in [2.75, 3.05) is 0 Å². The molecule has 0 N–H and O–H groups in total. The van der Waals surface area contributed by atoms with Gasteiger partial charge in [-0.05, 0) is 23.8 Å². The summed E-state index contributed by atoms with van der Waals surface area (Å²) < 4.78 is 0. The van der Waals surface area contributed by atoms with Crippen LogP contribution in [0.4, 0.5) is 0 Å². The van der Waals surface area contributed by atoms with Gasteiger partial charge in [-0.2, -0.15) is 0 Å². The van der Waals surface area contributed by atoms with Crippen LogP contribution in [-0.2, 0) is 38.2 Å². The number of rotatable bonds is 3. The summed E-state index contributed by atoms with van der Waals surface area (Å²) in [5, 5.41) is 4.19. The first-order valence-electron chi connectivity index (χ1n) is 15.8. The van der Waals surface area contributed by atoms with Gasteiger partial charge >= 0.3 is 21.7 Å². The third-order valence-electron chi connectivity index (χ3n) is 6.84. The summed E-state index contributed by atoms with van der Waals surface area (Å²) in [4.78, 5) is 0. The predicted molar refractivity (Wildman–Crippen MR) is 194 cm³/mol. The van der Waals surface area contributed by atoms with Crippen LogP contribution < -0.4 is 15.9 Å². The number of benzene rings is 4. The van der Waals surface area contributed by atoms with Crippen LogP contribution >= 0.6 is 7.92 Å². The maximum Gasteiger partial charge on any atom is 4.00 e. The Bertz CT molecular complexity index is 1180. The van der Waals surface area contributed by atoms with Crippen molar-refractivity contribution in [3.05, 3.63) is 140 Å². The zero-order chi connectivity index (χ0) is 31.0. The second kappa shape index (κ2) is 27.0. The molecule has 4 aromatic rings. The van der Waals surface area contributed by atoms with Gasteiger partial charge in [-0.25, -0.2) is 0 Å². The van der Waals surface area contributed by atoms with Crippen LogP contribution in [0.2, 0.25) is 19.6 Å². The predicted octanol–water partition coefficient (Wildman–Crippen LogP) is 10.4. The Morgan fingerprint density at radius 1 is 0.467 bits per heavy atom. The van der Waals surface area contributed by atoms with Crippen LogP contribution in [0.5, 0.6) is 0 Å². The molecule has 0 unspecified atom stereocenters. The first kappa shape index (κ1) is 42.9. The standard InChI is InChI=1S/C18H15P.C8H5.C5H9Si.2C5H10.Ni.Ti/c1-4-10-16(11-5-1)19(17-12-6-2-7-13-17)18-14-8-3-9-15-18;1-2-8-6-4-3-5-7-8;1-5-6(2,3)4;2*1-2-4-5-3-1;;/h1-15H;3-7H;2-4H3;2*1-5H2;;/q;2*-1;;;;+4. The van der Waals surface area contributed by atoms with Crippen molar-refractivity contribution in [1.29, 1.82) is 0 Å². The first-order valence-corrected chi connectivity index (χ1v) is 20.7. The Morgan fingerprint density at radius 2 is 0.689 bits per heavy atom. The number of hydrogen-bond donors (Lipinski definition) is 0. The Balaban J connectivity index is 0.000000617. The van der Waals surface area contributed by atoms with Crippen molar-refractivity contribution in [3.8, 4) is 11.5 Å². The average Bonchev–Trinajstić information content (AvgIpc) is 3.84. The summed E-state index contributed by atoms with van der Waals surface area (Å²) >= 11 is 0. The summed E-state index contributed by atoms with van der Waals surface area (Å²) in [5.41, 5.74) is 3.32. The molecule has 2 fully saturated rings. The Hall–Kier alpha value is -2.15. The van der Waals surface area contributed by atoms with E-state index >= 15 is 0 Å². The van der Waals surface area contributed by atoms with E-state index in [0.717, 1.165) is 5.56 Å². The van der Waals surface area contributed by atoms with Crippen molar-refractivity contribution < 1.29 is 38.2 Å². The van der Waals surface area contributed by atoms with Crippen molar-refractivity contribution >= 4 is 31.9 Å². The zero-order valence-electron chi connectivity index (χ0n) is 27.4. The van der Waals surface area contributed by atoms with Gasteiger partial charge in [0.05, 0.1) is 8.07 Å². The monoisotopic (exact) mass is 706 g/mol. The van der Waals surface area contributed by atoms with Crippen LogP contribution in [0.1, 0.15) is 69.8 Å². The van der Waals surface area contributed by atoms with Gasteiger partial charge in [0.1, 0.15) is 0 Å². The van der Waals surface area contributed by atoms with Gasteiger partial charge < -0.3 is 18.4 Å². The minimum atomic E-state index is -1.21. The van der Waals surface area contributed by atoms with Gasteiger partial charge in [0.15, 0.2) is 0 Å². The molecule has 2 aliphatic carbocycles. The summed E-state index contributed by atoms with van der Waals surface area (Å²) in [7, 11) is -1.66. The van der Waals surface area contributed by atoms with E-state index in [4.69, 9.17) is 12.8 Å². The molecule has 0 bridgehead atoms. The van der Waals surface area contributed by atoms with Gasteiger partial charge in [-0.15, -0.1) is 17.7 Å². The smallest absolute Gasteiger partial charge is 0.701 e. The molecular formula is C41H49NiPSiTi+2. The average molecular weight is 707 g/mol. The normalized spacial score (nSPS) is 12.6. The molecular weight excluding hydrogens is 658 g/mol. The Labute approximate surface area is 303 Å². The van der Waals surface area contributed by atoms with Crippen LogP contribution in [0, 0.1) is 24.3 Å². The molecule has 0 heterocycles. The largest absolute Gasteiger partial charge is 4.00 e. The maximum atomic E-state index is 6.69. The van der Waals surface area contributed by atoms with Crippen molar-refractivity contribution in [1.82, 2.24) is 0 Å². The Morgan fingerprint density at radius 3 is 0.867 bits per heavy atom. The van der Waals surface area contributed by atoms with Crippen molar-refractivity contribution in [2.45, 2.75) is 83.8 Å². The fourth-order valence-electron chi connectivity index (χ4n) is 4.47. The molecule has 0 atom stereocenters. The quantitative estimate of drug-likeness (QED) is 0.0861. The maximum absolute atomic E-state index is 6.69. The van der Waals surface area contributed by atoms with E-state index in [1.54, 1.807) is 0 Å². The molecule has 4 aromatic carbocycles. The van der Waals surface area contributed by atoms with E-state index < -0.39 is 16.0 Å². The molecule has 0 nitrogen and oxygen atoms in total. The summed E-state index contributed by atoms with van der Waals surface area (Å²) in [5.74, 6) is 2.28. The van der Waals surface area contributed by atoms with Gasteiger partial charge in [-0.3, -0.25) is 5.92 Å². The molecule has 0 spiro atoms. The molecule has 0 amide bonds. The summed E-state index contributed by atoms with van der Waals surface area (Å²) in [6.45, 7) is 6.25. The van der Waals surface area contributed by atoms with Crippen LogP contribution in [0.3, 0.4) is 0 Å². The molecule has 2 aliphatic rings. The molecule has 234 valence electrons. The molecule has 0 saturated heterocycles. The van der Waals surface area contributed by atoms with E-state index in [-0.39, 0.29) is 38.2 Å². The van der Waals surface area contributed by atoms with E-state index in [9.17, 15) is 0 Å². The number of hydrogen-bond acceptors (Lipinski definition) is 0. The van der Waals surface area contributed by atoms with Crippen molar-refractivity contribution in [3.63, 3.8) is 0 Å². The molecule has 0 radical (unpaired) electrons. The SMILES string of the molecule is C1CCCC1.C1CCCC1.[C-]#C[Si](C)(C)C.[C-]#Cc1ccccc1.[Ni].[Ti+4].c1ccc(P(c2ccccc2)c2ccccc2)cc1. The minimum Gasteiger partial charge on any atom is -0.701 e. The Kier molecular flexibility index (Phi) is 25.7. The molecule has 45 heavy (non-hydrogen) atoms. The van der Waals surface area contributed by atoms with Crippen molar-refractivity contribution in [2.24, 2.45) is 0 Å².